The molecule has 1 aromatic carbocycles. The number of rotatable bonds is 6. The predicted molar refractivity (Wildman–Crippen MR) is 74.5 cm³/mol. The molecule has 0 saturated carbocycles. The molecule has 21 heavy (non-hydrogen) atoms. The summed E-state index contributed by atoms with van der Waals surface area (Å²) in [4.78, 5) is 26.3. The van der Waals surface area contributed by atoms with Crippen molar-refractivity contribution >= 4 is 11.9 Å². The minimum Gasteiger partial charge on any atom is -0.497 e. The minimum absolute atomic E-state index is 0.0193. The maximum Gasteiger partial charge on any atom is 0.356 e. The first-order chi connectivity index (χ1) is 10.1. The number of aromatic nitrogens is 2. The van der Waals surface area contributed by atoms with Gasteiger partial charge < -0.3 is 19.7 Å². The summed E-state index contributed by atoms with van der Waals surface area (Å²) in [6.07, 6.45) is 2.83. The van der Waals surface area contributed by atoms with Crippen molar-refractivity contribution in [3.8, 4) is 5.75 Å². The van der Waals surface area contributed by atoms with Gasteiger partial charge in [-0.1, -0.05) is 6.07 Å². The molecule has 0 fully saturated rings. The van der Waals surface area contributed by atoms with Crippen LogP contribution >= 0.6 is 0 Å². The molecule has 0 radical (unpaired) electrons. The van der Waals surface area contributed by atoms with Crippen molar-refractivity contribution < 1.29 is 19.4 Å². The first-order valence-electron chi connectivity index (χ1n) is 6.27. The van der Waals surface area contributed by atoms with Gasteiger partial charge >= 0.3 is 5.97 Å². The average molecular weight is 289 g/mol. The van der Waals surface area contributed by atoms with Crippen molar-refractivity contribution in [1.82, 2.24) is 14.9 Å². The number of benzene rings is 1. The second-order valence-corrected chi connectivity index (χ2v) is 4.29. The van der Waals surface area contributed by atoms with Crippen molar-refractivity contribution in [2.24, 2.45) is 0 Å². The molecule has 1 heterocycles. The van der Waals surface area contributed by atoms with E-state index in [-0.39, 0.29) is 11.6 Å². The molecule has 0 aliphatic carbocycles. The van der Waals surface area contributed by atoms with E-state index < -0.39 is 5.97 Å². The van der Waals surface area contributed by atoms with E-state index in [0.717, 1.165) is 0 Å². The zero-order valence-corrected chi connectivity index (χ0v) is 11.4. The highest BCUT2D eigenvalue weighted by Crippen LogP contribution is 2.12. The zero-order valence-electron chi connectivity index (χ0n) is 11.4. The molecule has 110 valence electrons. The Hall–Kier alpha value is -2.83. The van der Waals surface area contributed by atoms with Crippen LogP contribution in [0.5, 0.6) is 5.75 Å². The fourth-order valence-corrected chi connectivity index (χ4v) is 1.76. The van der Waals surface area contributed by atoms with Crippen LogP contribution in [0.1, 0.15) is 20.8 Å². The molecule has 0 bridgehead atoms. The molecule has 7 nitrogen and oxygen atoms in total. The van der Waals surface area contributed by atoms with Crippen molar-refractivity contribution in [2.45, 2.75) is 6.54 Å². The highest BCUT2D eigenvalue weighted by molar-refractivity contribution is 5.94. The number of nitrogens with zero attached hydrogens (tertiary/aromatic N) is 2. The van der Waals surface area contributed by atoms with Gasteiger partial charge in [0, 0.05) is 24.8 Å². The fraction of sp³-hybridized carbons (Fsp3) is 0.214. The number of carboxylic acids is 1. The van der Waals surface area contributed by atoms with E-state index in [1.807, 2.05) is 0 Å². The van der Waals surface area contributed by atoms with Crippen LogP contribution in [0, 0.1) is 0 Å². The Kier molecular flexibility index (Phi) is 4.55. The second kappa shape index (κ2) is 6.56. The van der Waals surface area contributed by atoms with Crippen molar-refractivity contribution in [2.75, 3.05) is 13.7 Å². The number of ether oxygens (including phenoxy) is 1. The molecule has 0 atom stereocenters. The minimum atomic E-state index is -1.07. The number of nitrogens with one attached hydrogen (secondary N) is 1. The molecule has 0 unspecified atom stereocenters. The summed E-state index contributed by atoms with van der Waals surface area (Å²) in [5.41, 5.74) is 0.486. The van der Waals surface area contributed by atoms with Gasteiger partial charge in [0.25, 0.3) is 5.91 Å². The number of methoxy groups -OCH3 is 1. The highest BCUT2D eigenvalue weighted by Gasteiger charge is 2.08. The number of carbonyl (C=O) groups excluding carboxylic acids is 1. The first kappa shape index (κ1) is 14.6. The quantitative estimate of drug-likeness (QED) is 0.828. The van der Waals surface area contributed by atoms with Gasteiger partial charge in [-0.3, -0.25) is 4.79 Å². The van der Waals surface area contributed by atoms with Crippen LogP contribution in [-0.2, 0) is 6.54 Å². The monoisotopic (exact) mass is 289 g/mol. The van der Waals surface area contributed by atoms with Crippen molar-refractivity contribution in [1.29, 1.82) is 0 Å². The van der Waals surface area contributed by atoms with Crippen LogP contribution in [0.2, 0.25) is 0 Å². The first-order valence-corrected chi connectivity index (χ1v) is 6.27. The summed E-state index contributed by atoms with van der Waals surface area (Å²) >= 11 is 0. The van der Waals surface area contributed by atoms with Gasteiger partial charge in [-0.05, 0) is 18.2 Å². The molecular weight excluding hydrogens is 274 g/mol. The van der Waals surface area contributed by atoms with Gasteiger partial charge in [-0.2, -0.15) is 0 Å². The molecule has 1 amide bonds. The lowest BCUT2D eigenvalue weighted by Gasteiger charge is -2.07. The zero-order chi connectivity index (χ0) is 15.2. The summed E-state index contributed by atoms with van der Waals surface area (Å²) in [6, 6.07) is 6.84. The van der Waals surface area contributed by atoms with E-state index in [1.54, 1.807) is 28.8 Å². The van der Waals surface area contributed by atoms with Crippen LogP contribution in [0.15, 0.2) is 36.8 Å². The number of amides is 1. The van der Waals surface area contributed by atoms with E-state index in [1.165, 1.54) is 19.6 Å². The van der Waals surface area contributed by atoms with E-state index >= 15 is 0 Å². The fourth-order valence-electron chi connectivity index (χ4n) is 1.76. The topological polar surface area (TPSA) is 93.5 Å². The Morgan fingerprint density at radius 1 is 1.43 bits per heavy atom. The molecule has 0 spiro atoms. The summed E-state index contributed by atoms with van der Waals surface area (Å²) in [5.74, 6) is -0.676. The second-order valence-electron chi connectivity index (χ2n) is 4.29. The van der Waals surface area contributed by atoms with Gasteiger partial charge in [0.05, 0.1) is 13.4 Å². The van der Waals surface area contributed by atoms with Gasteiger partial charge in [0.15, 0.2) is 5.69 Å². The normalized spacial score (nSPS) is 10.1. The maximum absolute atomic E-state index is 11.9. The van der Waals surface area contributed by atoms with Gasteiger partial charge in [-0.25, -0.2) is 9.78 Å². The van der Waals surface area contributed by atoms with Crippen LogP contribution in [0.3, 0.4) is 0 Å². The smallest absolute Gasteiger partial charge is 0.356 e. The molecule has 2 N–H and O–H groups in total. The van der Waals surface area contributed by atoms with E-state index in [9.17, 15) is 9.59 Å². The molecule has 0 aliphatic rings. The molecule has 0 saturated heterocycles. The summed E-state index contributed by atoms with van der Waals surface area (Å²) in [6.45, 7) is 0.807. The van der Waals surface area contributed by atoms with Crippen molar-refractivity contribution in [3.05, 3.63) is 48.0 Å². The Bertz CT molecular complexity index is 651. The lowest BCUT2D eigenvalue weighted by molar-refractivity contribution is 0.0690. The summed E-state index contributed by atoms with van der Waals surface area (Å²) < 4.78 is 6.66. The Balaban J connectivity index is 1.87. The number of aromatic carboxylic acids is 1. The Morgan fingerprint density at radius 2 is 2.24 bits per heavy atom. The number of carboxylic acid groups (broad SMARTS) is 1. The number of hydrogen-bond acceptors (Lipinski definition) is 4. The standard InChI is InChI=1S/C14H15N3O4/c1-21-11-4-2-3-10(7-11)13(18)15-5-6-17-8-12(14(19)20)16-9-17/h2-4,7-9H,5-6H2,1H3,(H,15,18)(H,19,20). The number of carbonyl (C=O) groups is 2. The highest BCUT2D eigenvalue weighted by atomic mass is 16.5. The molecule has 2 aromatic rings. The summed E-state index contributed by atoms with van der Waals surface area (Å²) in [7, 11) is 1.54. The Labute approximate surface area is 121 Å². The van der Waals surface area contributed by atoms with Crippen LogP contribution in [0.25, 0.3) is 0 Å². The number of hydrogen-bond donors (Lipinski definition) is 2. The maximum atomic E-state index is 11.9. The van der Waals surface area contributed by atoms with Gasteiger partial charge in [-0.15, -0.1) is 0 Å². The van der Waals surface area contributed by atoms with Crippen molar-refractivity contribution in [3.63, 3.8) is 0 Å². The Morgan fingerprint density at radius 3 is 2.90 bits per heavy atom. The van der Waals surface area contributed by atoms with Gasteiger partial charge in [0.1, 0.15) is 5.75 Å². The third-order valence-corrected chi connectivity index (χ3v) is 2.84. The molecule has 1 aromatic heterocycles. The average Bonchev–Trinajstić information content (AvgIpc) is 2.96. The van der Waals surface area contributed by atoms with Crippen LogP contribution in [0.4, 0.5) is 0 Å². The predicted octanol–water partition coefficient (Wildman–Crippen LogP) is 1.02. The van der Waals surface area contributed by atoms with Crippen LogP contribution in [-0.4, -0.2) is 40.2 Å². The van der Waals surface area contributed by atoms with E-state index in [0.29, 0.717) is 24.4 Å². The van der Waals surface area contributed by atoms with Gasteiger partial charge in [0.2, 0.25) is 0 Å². The largest absolute Gasteiger partial charge is 0.497 e. The molecule has 2 rings (SSSR count). The molecule has 7 heteroatoms. The lowest BCUT2D eigenvalue weighted by atomic mass is 10.2. The van der Waals surface area contributed by atoms with E-state index in [4.69, 9.17) is 9.84 Å². The SMILES string of the molecule is COc1cccc(C(=O)NCCn2cnc(C(=O)O)c2)c1. The number of imidazole rings is 1. The molecular formula is C14H15N3O4. The van der Waals surface area contributed by atoms with E-state index in [2.05, 4.69) is 10.3 Å². The van der Waals surface area contributed by atoms with Crippen LogP contribution < -0.4 is 10.1 Å². The third kappa shape index (κ3) is 3.82. The molecule has 0 aliphatic heterocycles. The summed E-state index contributed by atoms with van der Waals surface area (Å²) in [5, 5.41) is 11.5. The third-order valence-electron chi connectivity index (χ3n) is 2.84. The lowest BCUT2D eigenvalue weighted by Crippen LogP contribution is -2.26.